The molecule has 0 radical (unpaired) electrons. The third kappa shape index (κ3) is 5.93. The summed E-state index contributed by atoms with van der Waals surface area (Å²) >= 11 is 0. The van der Waals surface area contributed by atoms with E-state index in [0.717, 1.165) is 11.3 Å². The Morgan fingerprint density at radius 2 is 1.95 bits per heavy atom. The minimum absolute atomic E-state index is 0.0553. The summed E-state index contributed by atoms with van der Waals surface area (Å²) in [7, 11) is -0.683. The Balaban J connectivity index is 3.24. The molecule has 0 heterocycles. The molecule has 6 heteroatoms. The Labute approximate surface area is 127 Å². The van der Waals surface area contributed by atoms with Crippen LogP contribution in [0.4, 0.5) is 5.69 Å². The highest BCUT2D eigenvalue weighted by Gasteiger charge is 2.26. The number of nitrogens with one attached hydrogen (secondary N) is 1. The molecule has 0 amide bonds. The maximum atomic E-state index is 11.3. The molecule has 2 N–H and O–H groups in total. The van der Waals surface area contributed by atoms with E-state index in [0.29, 0.717) is 12.2 Å². The summed E-state index contributed by atoms with van der Waals surface area (Å²) in [6.45, 7) is 6.14. The maximum absolute atomic E-state index is 11.3. The number of benzene rings is 1. The van der Waals surface area contributed by atoms with Gasteiger partial charge in [-0.3, -0.25) is 4.55 Å². The van der Waals surface area contributed by atoms with Crippen molar-refractivity contribution in [3.8, 4) is 5.75 Å². The van der Waals surface area contributed by atoms with Crippen molar-refractivity contribution in [2.45, 2.75) is 33.1 Å². The van der Waals surface area contributed by atoms with Gasteiger partial charge < -0.3 is 10.1 Å². The summed E-state index contributed by atoms with van der Waals surface area (Å²) in [5.74, 6) is 0.128. The molecule has 5 nitrogen and oxygen atoms in total. The number of hydrogen-bond acceptors (Lipinski definition) is 4. The van der Waals surface area contributed by atoms with E-state index in [9.17, 15) is 13.0 Å². The van der Waals surface area contributed by atoms with Crippen molar-refractivity contribution >= 4 is 15.8 Å². The zero-order valence-electron chi connectivity index (χ0n) is 13.3. The zero-order valence-corrected chi connectivity index (χ0v) is 14.1. The van der Waals surface area contributed by atoms with Gasteiger partial charge in [-0.15, -0.1) is 0 Å². The van der Waals surface area contributed by atoms with E-state index < -0.39 is 10.1 Å². The predicted molar refractivity (Wildman–Crippen MR) is 85.8 cm³/mol. The Kier molecular flexibility index (Phi) is 5.64. The summed E-state index contributed by atoms with van der Waals surface area (Å²) in [4.78, 5) is 0. The van der Waals surface area contributed by atoms with Crippen molar-refractivity contribution in [2.75, 3.05) is 25.2 Å². The molecule has 21 heavy (non-hydrogen) atoms. The van der Waals surface area contributed by atoms with Gasteiger partial charge in [0, 0.05) is 24.7 Å². The van der Waals surface area contributed by atoms with Crippen LogP contribution in [0.3, 0.4) is 0 Å². The topological polar surface area (TPSA) is 75.6 Å². The van der Waals surface area contributed by atoms with Gasteiger partial charge in [0.25, 0.3) is 10.1 Å². The second-order valence-corrected chi connectivity index (χ2v) is 7.91. The van der Waals surface area contributed by atoms with E-state index in [1.165, 1.54) is 0 Å². The van der Waals surface area contributed by atoms with Crippen molar-refractivity contribution < 1.29 is 17.7 Å². The first-order valence-electron chi connectivity index (χ1n) is 6.86. The van der Waals surface area contributed by atoms with Crippen LogP contribution in [0.1, 0.15) is 38.7 Å². The lowest BCUT2D eigenvalue weighted by atomic mass is 9.82. The molecule has 0 aliphatic rings. The molecular weight excluding hydrogens is 290 g/mol. The molecule has 1 rings (SSSR count). The summed E-state index contributed by atoms with van der Waals surface area (Å²) in [5.41, 5.74) is 1.62. The SMILES string of the molecule is CNc1cc(OC)ccc1C(CC(C)(C)C)CS(=O)(=O)O. The number of anilines is 1. The Hall–Kier alpha value is -1.27. The first-order chi connectivity index (χ1) is 9.55. The van der Waals surface area contributed by atoms with E-state index in [1.54, 1.807) is 20.2 Å². The van der Waals surface area contributed by atoms with E-state index in [2.05, 4.69) is 5.32 Å². The average molecular weight is 315 g/mol. The van der Waals surface area contributed by atoms with Crippen molar-refractivity contribution in [2.24, 2.45) is 5.41 Å². The second kappa shape index (κ2) is 6.66. The lowest BCUT2D eigenvalue weighted by Crippen LogP contribution is -2.20. The lowest BCUT2D eigenvalue weighted by Gasteiger charge is -2.27. The van der Waals surface area contributed by atoms with Crippen LogP contribution in [0, 0.1) is 5.41 Å². The van der Waals surface area contributed by atoms with Gasteiger partial charge in [-0.2, -0.15) is 8.42 Å². The molecule has 1 aromatic carbocycles. The number of methoxy groups -OCH3 is 1. The molecule has 0 aliphatic carbocycles. The highest BCUT2D eigenvalue weighted by atomic mass is 32.2. The number of ether oxygens (including phenoxy) is 1. The molecule has 1 aromatic rings. The van der Waals surface area contributed by atoms with Crippen LogP contribution < -0.4 is 10.1 Å². The third-order valence-electron chi connectivity index (χ3n) is 3.24. The molecule has 120 valence electrons. The van der Waals surface area contributed by atoms with Gasteiger partial charge >= 0.3 is 0 Å². The van der Waals surface area contributed by atoms with Crippen LogP contribution in [-0.2, 0) is 10.1 Å². The van der Waals surface area contributed by atoms with Crippen LogP contribution in [0.15, 0.2) is 18.2 Å². The van der Waals surface area contributed by atoms with Gasteiger partial charge in [-0.05, 0) is 23.5 Å². The Morgan fingerprint density at radius 1 is 1.33 bits per heavy atom. The summed E-state index contributed by atoms with van der Waals surface area (Å²) in [6.07, 6.45) is 0.647. The van der Waals surface area contributed by atoms with Gasteiger partial charge in [0.15, 0.2) is 0 Å². The number of hydrogen-bond donors (Lipinski definition) is 2. The Morgan fingerprint density at radius 3 is 2.38 bits per heavy atom. The molecule has 1 unspecified atom stereocenters. The second-order valence-electron chi connectivity index (χ2n) is 6.41. The quantitative estimate of drug-likeness (QED) is 0.789. The van der Waals surface area contributed by atoms with Gasteiger partial charge in [-0.1, -0.05) is 26.8 Å². The van der Waals surface area contributed by atoms with Crippen molar-refractivity contribution in [3.63, 3.8) is 0 Å². The minimum Gasteiger partial charge on any atom is -0.497 e. The average Bonchev–Trinajstić information content (AvgIpc) is 2.33. The molecule has 0 spiro atoms. The van der Waals surface area contributed by atoms with Gasteiger partial charge in [0.05, 0.1) is 12.9 Å². The monoisotopic (exact) mass is 315 g/mol. The highest BCUT2D eigenvalue weighted by Crippen LogP contribution is 2.37. The van der Waals surface area contributed by atoms with Crippen LogP contribution in [-0.4, -0.2) is 32.9 Å². The third-order valence-corrected chi connectivity index (χ3v) is 4.06. The standard InChI is InChI=1S/C15H25NO4S/c1-15(2,3)9-11(10-21(17,18)19)13-7-6-12(20-5)8-14(13)16-4/h6-8,11,16H,9-10H2,1-5H3,(H,17,18,19). The van der Waals surface area contributed by atoms with E-state index in [-0.39, 0.29) is 17.1 Å². The predicted octanol–water partition coefficient (Wildman–Crippen LogP) is 3.14. The Bertz CT molecular complexity index is 576. The zero-order chi connectivity index (χ0) is 16.3. The van der Waals surface area contributed by atoms with E-state index >= 15 is 0 Å². The van der Waals surface area contributed by atoms with Crippen molar-refractivity contribution in [1.29, 1.82) is 0 Å². The summed E-state index contributed by atoms with van der Waals surface area (Å²) in [6, 6.07) is 5.48. The minimum atomic E-state index is -4.04. The molecule has 0 bridgehead atoms. The fraction of sp³-hybridized carbons (Fsp3) is 0.600. The fourth-order valence-corrected chi connectivity index (χ4v) is 3.29. The largest absolute Gasteiger partial charge is 0.497 e. The number of rotatable bonds is 6. The maximum Gasteiger partial charge on any atom is 0.265 e. The molecular formula is C15H25NO4S. The van der Waals surface area contributed by atoms with E-state index in [4.69, 9.17) is 4.74 Å². The lowest BCUT2D eigenvalue weighted by molar-refractivity contribution is 0.346. The van der Waals surface area contributed by atoms with Crippen molar-refractivity contribution in [3.05, 3.63) is 23.8 Å². The summed E-state index contributed by atoms with van der Waals surface area (Å²) in [5, 5.41) is 3.07. The molecule has 1 atom stereocenters. The summed E-state index contributed by atoms with van der Waals surface area (Å²) < 4.78 is 37.1. The highest BCUT2D eigenvalue weighted by molar-refractivity contribution is 7.85. The van der Waals surface area contributed by atoms with Crippen LogP contribution in [0.5, 0.6) is 5.75 Å². The first kappa shape index (κ1) is 17.8. The van der Waals surface area contributed by atoms with Gasteiger partial charge in [0.2, 0.25) is 0 Å². The molecule has 0 saturated carbocycles. The van der Waals surface area contributed by atoms with E-state index in [1.807, 2.05) is 32.9 Å². The normalized spacial score (nSPS) is 13.8. The molecule has 0 fully saturated rings. The molecule has 0 aliphatic heterocycles. The molecule has 0 aromatic heterocycles. The molecule has 0 saturated heterocycles. The first-order valence-corrected chi connectivity index (χ1v) is 8.47. The fourth-order valence-electron chi connectivity index (χ4n) is 2.49. The van der Waals surface area contributed by atoms with Crippen molar-refractivity contribution in [1.82, 2.24) is 0 Å². The van der Waals surface area contributed by atoms with Crippen LogP contribution >= 0.6 is 0 Å². The van der Waals surface area contributed by atoms with Gasteiger partial charge in [-0.25, -0.2) is 0 Å². The van der Waals surface area contributed by atoms with Crippen LogP contribution in [0.25, 0.3) is 0 Å². The van der Waals surface area contributed by atoms with Gasteiger partial charge in [0.1, 0.15) is 5.75 Å². The smallest absolute Gasteiger partial charge is 0.265 e. The van der Waals surface area contributed by atoms with Crippen LogP contribution in [0.2, 0.25) is 0 Å².